The van der Waals surface area contributed by atoms with Crippen molar-refractivity contribution in [2.45, 2.75) is 50.8 Å². The minimum Gasteiger partial charge on any atom is -0.455 e. The lowest BCUT2D eigenvalue weighted by molar-refractivity contribution is -0.156. The van der Waals surface area contributed by atoms with Gasteiger partial charge in [-0.2, -0.15) is 4.31 Å². The van der Waals surface area contributed by atoms with Crippen molar-refractivity contribution >= 4 is 21.9 Å². The first-order chi connectivity index (χ1) is 13.8. The van der Waals surface area contributed by atoms with E-state index in [9.17, 15) is 18.0 Å². The largest absolute Gasteiger partial charge is 0.455 e. The zero-order valence-electron chi connectivity index (χ0n) is 17.2. The van der Waals surface area contributed by atoms with Crippen molar-refractivity contribution in [1.29, 1.82) is 0 Å². The van der Waals surface area contributed by atoms with Gasteiger partial charge in [-0.25, -0.2) is 8.42 Å². The SMILES string of the molecule is Cc1ccc(C)c(S(=O)(=O)N2CCN(C(=O)COC(=O)C3CCCCC3)CC2)c1. The van der Waals surface area contributed by atoms with Crippen LogP contribution in [0.3, 0.4) is 0 Å². The van der Waals surface area contributed by atoms with E-state index in [4.69, 9.17) is 4.74 Å². The van der Waals surface area contributed by atoms with Gasteiger partial charge in [-0.05, 0) is 43.9 Å². The van der Waals surface area contributed by atoms with Crippen LogP contribution in [0.2, 0.25) is 0 Å². The lowest BCUT2D eigenvalue weighted by atomic mass is 9.89. The predicted octanol–water partition coefficient (Wildman–Crippen LogP) is 2.26. The smallest absolute Gasteiger partial charge is 0.309 e. The molecule has 0 N–H and O–H groups in total. The third-order valence-corrected chi connectivity index (χ3v) is 7.87. The lowest BCUT2D eigenvalue weighted by Gasteiger charge is -2.34. The maximum Gasteiger partial charge on any atom is 0.309 e. The highest BCUT2D eigenvalue weighted by Gasteiger charge is 2.31. The summed E-state index contributed by atoms with van der Waals surface area (Å²) >= 11 is 0. The molecular weight excluding hydrogens is 392 g/mol. The van der Waals surface area contributed by atoms with Gasteiger partial charge in [0.15, 0.2) is 6.61 Å². The van der Waals surface area contributed by atoms with Crippen LogP contribution in [0.4, 0.5) is 0 Å². The predicted molar refractivity (Wildman–Crippen MR) is 109 cm³/mol. The Morgan fingerprint density at radius 1 is 1.03 bits per heavy atom. The second kappa shape index (κ2) is 9.26. The van der Waals surface area contributed by atoms with Crippen molar-refractivity contribution in [2.24, 2.45) is 5.92 Å². The second-order valence-electron chi connectivity index (χ2n) is 8.00. The molecule has 1 aromatic carbocycles. The summed E-state index contributed by atoms with van der Waals surface area (Å²) < 4.78 is 32.6. The highest BCUT2D eigenvalue weighted by atomic mass is 32.2. The molecule has 1 saturated heterocycles. The van der Waals surface area contributed by atoms with E-state index in [1.165, 1.54) is 4.31 Å². The Morgan fingerprint density at radius 2 is 1.69 bits per heavy atom. The zero-order chi connectivity index (χ0) is 21.0. The van der Waals surface area contributed by atoms with Crippen LogP contribution in [0.1, 0.15) is 43.2 Å². The molecule has 1 heterocycles. The van der Waals surface area contributed by atoms with Gasteiger partial charge in [-0.3, -0.25) is 9.59 Å². The maximum absolute atomic E-state index is 13.0. The number of rotatable bonds is 5. The van der Waals surface area contributed by atoms with Gasteiger partial charge in [0.05, 0.1) is 10.8 Å². The van der Waals surface area contributed by atoms with Gasteiger partial charge in [0.25, 0.3) is 5.91 Å². The van der Waals surface area contributed by atoms with Gasteiger partial charge < -0.3 is 9.64 Å². The van der Waals surface area contributed by atoms with Crippen molar-refractivity contribution in [3.63, 3.8) is 0 Å². The molecule has 1 saturated carbocycles. The number of amides is 1. The molecule has 160 valence electrons. The van der Waals surface area contributed by atoms with Crippen LogP contribution < -0.4 is 0 Å². The molecular formula is C21H30N2O5S. The standard InChI is InChI=1S/C21H30N2O5S/c1-16-8-9-17(2)19(14-16)29(26,27)23-12-10-22(11-13-23)20(24)15-28-21(25)18-6-4-3-5-7-18/h8-9,14,18H,3-7,10-13,15H2,1-2H3. The fraction of sp³-hybridized carbons (Fsp3) is 0.619. The third-order valence-electron chi connectivity index (χ3n) is 5.83. The molecule has 2 fully saturated rings. The number of carbonyl (C=O) groups is 2. The van der Waals surface area contributed by atoms with Crippen LogP contribution in [0.25, 0.3) is 0 Å². The molecule has 2 aliphatic rings. The number of hydrogen-bond acceptors (Lipinski definition) is 5. The number of ether oxygens (including phenoxy) is 1. The summed E-state index contributed by atoms with van der Waals surface area (Å²) in [6.45, 7) is 4.44. The fourth-order valence-corrected chi connectivity index (χ4v) is 5.71. The Labute approximate surface area is 173 Å². The average Bonchev–Trinajstić information content (AvgIpc) is 2.74. The summed E-state index contributed by atoms with van der Waals surface area (Å²) in [5, 5.41) is 0. The Morgan fingerprint density at radius 3 is 2.34 bits per heavy atom. The summed E-state index contributed by atoms with van der Waals surface area (Å²) in [5.41, 5.74) is 1.60. The topological polar surface area (TPSA) is 84.0 Å². The highest BCUT2D eigenvalue weighted by Crippen LogP contribution is 2.25. The summed E-state index contributed by atoms with van der Waals surface area (Å²) in [7, 11) is -3.59. The van der Waals surface area contributed by atoms with Crippen molar-refractivity contribution < 1.29 is 22.7 Å². The molecule has 0 radical (unpaired) electrons. The van der Waals surface area contributed by atoms with E-state index < -0.39 is 10.0 Å². The van der Waals surface area contributed by atoms with Gasteiger partial charge in [-0.1, -0.05) is 31.4 Å². The number of hydrogen-bond donors (Lipinski definition) is 0. The number of esters is 1. The molecule has 3 rings (SSSR count). The number of aryl methyl sites for hydroxylation is 2. The molecule has 1 aromatic rings. The molecule has 7 nitrogen and oxygen atoms in total. The molecule has 0 unspecified atom stereocenters. The number of piperazine rings is 1. The average molecular weight is 423 g/mol. The third kappa shape index (κ3) is 5.17. The van der Waals surface area contributed by atoms with Crippen LogP contribution in [-0.2, 0) is 24.3 Å². The number of benzene rings is 1. The fourth-order valence-electron chi connectivity index (χ4n) is 3.98. The normalized spacial score (nSPS) is 19.2. The van der Waals surface area contributed by atoms with Gasteiger partial charge in [-0.15, -0.1) is 0 Å². The van der Waals surface area contributed by atoms with E-state index in [0.717, 1.165) is 37.7 Å². The first kappa shape index (κ1) is 21.8. The zero-order valence-corrected chi connectivity index (χ0v) is 18.0. The molecule has 0 atom stereocenters. The first-order valence-corrected chi connectivity index (χ1v) is 11.7. The molecule has 1 amide bonds. The van der Waals surface area contributed by atoms with Crippen molar-refractivity contribution in [3.8, 4) is 0 Å². The highest BCUT2D eigenvalue weighted by molar-refractivity contribution is 7.89. The molecule has 8 heteroatoms. The molecule has 0 bridgehead atoms. The lowest BCUT2D eigenvalue weighted by Crippen LogP contribution is -2.51. The minimum atomic E-state index is -3.59. The van der Waals surface area contributed by atoms with Crippen molar-refractivity contribution in [1.82, 2.24) is 9.21 Å². The van der Waals surface area contributed by atoms with Gasteiger partial charge >= 0.3 is 5.97 Å². The van der Waals surface area contributed by atoms with Gasteiger partial charge in [0, 0.05) is 26.2 Å². The number of carbonyl (C=O) groups excluding carboxylic acids is 2. The molecule has 1 aliphatic heterocycles. The van der Waals surface area contributed by atoms with Gasteiger partial charge in [0.1, 0.15) is 0 Å². The number of sulfonamides is 1. The van der Waals surface area contributed by atoms with E-state index in [0.29, 0.717) is 23.5 Å². The van der Waals surface area contributed by atoms with Crippen molar-refractivity contribution in [3.05, 3.63) is 29.3 Å². The Balaban J connectivity index is 1.52. The first-order valence-electron chi connectivity index (χ1n) is 10.3. The Bertz CT molecular complexity index is 854. The van der Waals surface area contributed by atoms with E-state index in [-0.39, 0.29) is 37.5 Å². The quantitative estimate of drug-likeness (QED) is 0.680. The van der Waals surface area contributed by atoms with Crippen LogP contribution in [0.5, 0.6) is 0 Å². The summed E-state index contributed by atoms with van der Waals surface area (Å²) in [4.78, 5) is 26.4. The molecule has 0 aromatic heterocycles. The van der Waals surface area contributed by atoms with E-state index in [1.54, 1.807) is 17.9 Å². The van der Waals surface area contributed by atoms with Gasteiger partial charge in [0.2, 0.25) is 10.0 Å². The minimum absolute atomic E-state index is 0.0869. The monoisotopic (exact) mass is 422 g/mol. The van der Waals surface area contributed by atoms with Crippen LogP contribution in [-0.4, -0.2) is 62.3 Å². The summed E-state index contributed by atoms with van der Waals surface area (Å²) in [5.74, 6) is -0.636. The summed E-state index contributed by atoms with van der Waals surface area (Å²) in [6.07, 6.45) is 4.89. The van der Waals surface area contributed by atoms with E-state index >= 15 is 0 Å². The molecule has 1 aliphatic carbocycles. The Kier molecular flexibility index (Phi) is 6.95. The van der Waals surface area contributed by atoms with Crippen molar-refractivity contribution in [2.75, 3.05) is 32.8 Å². The van der Waals surface area contributed by atoms with E-state index in [2.05, 4.69) is 0 Å². The maximum atomic E-state index is 13.0. The van der Waals surface area contributed by atoms with Crippen LogP contribution in [0.15, 0.2) is 23.1 Å². The molecule has 29 heavy (non-hydrogen) atoms. The summed E-state index contributed by atoms with van der Waals surface area (Å²) in [6, 6.07) is 5.38. The van der Waals surface area contributed by atoms with Crippen LogP contribution >= 0.6 is 0 Å². The van der Waals surface area contributed by atoms with E-state index in [1.807, 2.05) is 19.1 Å². The van der Waals surface area contributed by atoms with Crippen LogP contribution in [0, 0.1) is 19.8 Å². The number of nitrogens with zero attached hydrogens (tertiary/aromatic N) is 2. The Hall–Kier alpha value is -1.93. The second-order valence-corrected chi connectivity index (χ2v) is 9.90. The molecule has 0 spiro atoms.